The van der Waals surface area contributed by atoms with E-state index in [1.807, 2.05) is 0 Å². The van der Waals surface area contributed by atoms with E-state index >= 15 is 0 Å². The largest absolute Gasteiger partial charge is 0.325 e. The Hall–Kier alpha value is -2.92. The van der Waals surface area contributed by atoms with Crippen molar-refractivity contribution in [3.8, 4) is 0 Å². The lowest BCUT2D eigenvalue weighted by molar-refractivity contribution is -0.114. The van der Waals surface area contributed by atoms with Gasteiger partial charge in [0.1, 0.15) is 6.54 Å². The van der Waals surface area contributed by atoms with Crippen LogP contribution in [-0.4, -0.2) is 46.7 Å². The third kappa shape index (κ3) is 5.51. The van der Waals surface area contributed by atoms with Gasteiger partial charge < -0.3 is 5.32 Å². The van der Waals surface area contributed by atoms with Gasteiger partial charge in [-0.25, -0.2) is 16.8 Å². The standard InChI is InChI=1S/C24H24ClN3O5S2/c25-22-10-4-5-11-23(22)28(35(32,33)20-8-2-1-3-9-20)18-24(29)26-19-12-14-21(15-13-19)34(30,31)27-16-6-7-17-27/h1-5,8-15H,6-7,16-18H2,(H,26,29). The van der Waals surface area contributed by atoms with Crippen LogP contribution in [0, 0.1) is 0 Å². The van der Waals surface area contributed by atoms with Crippen LogP contribution in [0.3, 0.4) is 0 Å². The van der Waals surface area contributed by atoms with Crippen molar-refractivity contribution in [2.75, 3.05) is 29.3 Å². The molecule has 1 aliphatic rings. The number of para-hydroxylation sites is 1. The summed E-state index contributed by atoms with van der Waals surface area (Å²) in [5.74, 6) is -0.612. The van der Waals surface area contributed by atoms with Crippen LogP contribution in [0.4, 0.5) is 11.4 Å². The minimum atomic E-state index is -4.10. The zero-order valence-electron chi connectivity index (χ0n) is 18.7. The quantitative estimate of drug-likeness (QED) is 0.472. The lowest BCUT2D eigenvalue weighted by Crippen LogP contribution is -2.38. The summed E-state index contributed by atoms with van der Waals surface area (Å²) in [5, 5.41) is 2.81. The van der Waals surface area contributed by atoms with Crippen LogP contribution in [0.25, 0.3) is 0 Å². The highest BCUT2D eigenvalue weighted by atomic mass is 35.5. The molecule has 0 aliphatic carbocycles. The number of anilines is 2. The molecule has 0 atom stereocenters. The fraction of sp³-hybridized carbons (Fsp3) is 0.208. The van der Waals surface area contributed by atoms with E-state index < -0.39 is 32.5 Å². The van der Waals surface area contributed by atoms with Crippen LogP contribution in [0.5, 0.6) is 0 Å². The van der Waals surface area contributed by atoms with E-state index in [4.69, 9.17) is 11.6 Å². The van der Waals surface area contributed by atoms with Crippen LogP contribution in [0.15, 0.2) is 88.7 Å². The van der Waals surface area contributed by atoms with Gasteiger partial charge >= 0.3 is 0 Å². The minimum Gasteiger partial charge on any atom is -0.325 e. The van der Waals surface area contributed by atoms with E-state index in [1.165, 1.54) is 46.8 Å². The number of hydrogen-bond acceptors (Lipinski definition) is 5. The fourth-order valence-corrected chi connectivity index (χ4v) is 7.06. The molecule has 1 aliphatic heterocycles. The molecule has 35 heavy (non-hydrogen) atoms. The second kappa shape index (κ2) is 10.4. The van der Waals surface area contributed by atoms with Gasteiger partial charge in [0.15, 0.2) is 0 Å². The number of hydrogen-bond donors (Lipinski definition) is 1. The summed E-state index contributed by atoms with van der Waals surface area (Å²) in [6.07, 6.45) is 1.67. The molecule has 0 radical (unpaired) electrons. The van der Waals surface area contributed by atoms with Crippen molar-refractivity contribution in [2.45, 2.75) is 22.6 Å². The van der Waals surface area contributed by atoms with E-state index in [2.05, 4.69) is 5.32 Å². The van der Waals surface area contributed by atoms with Crippen molar-refractivity contribution in [3.05, 3.63) is 83.9 Å². The Bertz CT molecular complexity index is 1410. The van der Waals surface area contributed by atoms with Crippen molar-refractivity contribution in [3.63, 3.8) is 0 Å². The van der Waals surface area contributed by atoms with Crippen LogP contribution in [-0.2, 0) is 24.8 Å². The predicted molar refractivity (Wildman–Crippen MR) is 135 cm³/mol. The summed E-state index contributed by atoms with van der Waals surface area (Å²) >= 11 is 6.27. The molecule has 1 saturated heterocycles. The summed E-state index contributed by atoms with van der Waals surface area (Å²) < 4.78 is 54.5. The molecule has 4 rings (SSSR count). The summed E-state index contributed by atoms with van der Waals surface area (Å²) in [6, 6.07) is 19.9. The number of halogens is 1. The third-order valence-corrected chi connectivity index (χ3v) is 9.59. The topological polar surface area (TPSA) is 104 Å². The van der Waals surface area contributed by atoms with Crippen molar-refractivity contribution < 1.29 is 21.6 Å². The van der Waals surface area contributed by atoms with Gasteiger partial charge in [0.25, 0.3) is 10.0 Å². The molecule has 0 saturated carbocycles. The van der Waals surface area contributed by atoms with Gasteiger partial charge in [-0.3, -0.25) is 9.10 Å². The van der Waals surface area contributed by atoms with Gasteiger partial charge in [0, 0.05) is 18.8 Å². The molecule has 0 unspecified atom stereocenters. The summed E-state index contributed by atoms with van der Waals surface area (Å²) in [4.78, 5) is 13.0. The first kappa shape index (κ1) is 25.2. The summed E-state index contributed by atoms with van der Waals surface area (Å²) in [7, 11) is -7.67. The average molecular weight is 534 g/mol. The Kier molecular flexibility index (Phi) is 7.46. The predicted octanol–water partition coefficient (Wildman–Crippen LogP) is 3.96. The number of amides is 1. The second-order valence-corrected chi connectivity index (χ2v) is 12.2. The Morgan fingerprint density at radius 1 is 0.829 bits per heavy atom. The Labute approximate surface area is 210 Å². The summed E-state index contributed by atoms with van der Waals surface area (Å²) in [5.41, 5.74) is 0.506. The molecule has 1 N–H and O–H groups in total. The molecule has 184 valence electrons. The molecular formula is C24H24ClN3O5S2. The molecule has 0 bridgehead atoms. The second-order valence-electron chi connectivity index (χ2n) is 7.96. The van der Waals surface area contributed by atoms with Crippen LogP contribution >= 0.6 is 11.6 Å². The van der Waals surface area contributed by atoms with Crippen molar-refractivity contribution in [1.29, 1.82) is 0 Å². The maximum atomic E-state index is 13.4. The zero-order chi connectivity index (χ0) is 25.1. The highest BCUT2D eigenvalue weighted by Crippen LogP contribution is 2.30. The number of carbonyl (C=O) groups excluding carboxylic acids is 1. The minimum absolute atomic E-state index is 0.0178. The first-order valence-corrected chi connectivity index (χ1v) is 14.2. The van der Waals surface area contributed by atoms with Crippen LogP contribution in [0.2, 0.25) is 5.02 Å². The number of sulfonamides is 2. The molecule has 3 aromatic carbocycles. The van der Waals surface area contributed by atoms with Gasteiger partial charge in [-0.05, 0) is 61.4 Å². The van der Waals surface area contributed by atoms with Gasteiger partial charge in [-0.1, -0.05) is 41.9 Å². The maximum Gasteiger partial charge on any atom is 0.264 e. The molecule has 0 spiro atoms. The molecule has 1 heterocycles. The fourth-order valence-electron chi connectivity index (χ4n) is 3.79. The molecule has 1 amide bonds. The van der Waals surface area contributed by atoms with E-state index in [0.29, 0.717) is 18.8 Å². The maximum absolute atomic E-state index is 13.4. The lowest BCUT2D eigenvalue weighted by atomic mass is 10.3. The molecule has 0 aromatic heterocycles. The molecule has 8 nitrogen and oxygen atoms in total. The Balaban J connectivity index is 1.55. The van der Waals surface area contributed by atoms with Gasteiger partial charge in [-0.15, -0.1) is 0 Å². The summed E-state index contributed by atoms with van der Waals surface area (Å²) in [6.45, 7) is 0.456. The highest BCUT2D eigenvalue weighted by Gasteiger charge is 2.29. The normalized spacial score (nSPS) is 14.5. The first-order valence-electron chi connectivity index (χ1n) is 10.9. The number of rotatable bonds is 8. The monoisotopic (exact) mass is 533 g/mol. The van der Waals surface area contributed by atoms with Gasteiger partial charge in [0.2, 0.25) is 15.9 Å². The molecule has 1 fully saturated rings. The van der Waals surface area contributed by atoms with Gasteiger partial charge in [-0.2, -0.15) is 4.31 Å². The number of benzene rings is 3. The van der Waals surface area contributed by atoms with Crippen molar-refractivity contribution in [1.82, 2.24) is 4.31 Å². The molecular weight excluding hydrogens is 510 g/mol. The highest BCUT2D eigenvalue weighted by molar-refractivity contribution is 7.93. The smallest absolute Gasteiger partial charge is 0.264 e. The van der Waals surface area contributed by atoms with Crippen molar-refractivity contribution >= 4 is 48.9 Å². The number of carbonyl (C=O) groups is 1. The van der Waals surface area contributed by atoms with Crippen LogP contribution < -0.4 is 9.62 Å². The lowest BCUT2D eigenvalue weighted by Gasteiger charge is -2.25. The van der Waals surface area contributed by atoms with Crippen molar-refractivity contribution in [2.24, 2.45) is 0 Å². The van der Waals surface area contributed by atoms with E-state index in [-0.39, 0.29) is 20.5 Å². The Morgan fingerprint density at radius 3 is 2.06 bits per heavy atom. The molecule has 3 aromatic rings. The van der Waals surface area contributed by atoms with Gasteiger partial charge in [0.05, 0.1) is 20.5 Å². The number of nitrogens with one attached hydrogen (secondary N) is 1. The van der Waals surface area contributed by atoms with E-state index in [9.17, 15) is 21.6 Å². The van der Waals surface area contributed by atoms with E-state index in [0.717, 1.165) is 17.1 Å². The average Bonchev–Trinajstić information content (AvgIpc) is 3.40. The molecule has 11 heteroatoms. The number of nitrogens with zero attached hydrogens (tertiary/aromatic N) is 2. The third-order valence-electron chi connectivity index (χ3n) is 5.58. The van der Waals surface area contributed by atoms with E-state index in [1.54, 1.807) is 36.4 Å². The first-order chi connectivity index (χ1) is 16.7. The van der Waals surface area contributed by atoms with Crippen LogP contribution in [0.1, 0.15) is 12.8 Å². The zero-order valence-corrected chi connectivity index (χ0v) is 21.1. The SMILES string of the molecule is O=C(CN(c1ccccc1Cl)S(=O)(=O)c1ccccc1)Nc1ccc(S(=O)(=O)N2CCCC2)cc1. The Morgan fingerprint density at radius 2 is 1.43 bits per heavy atom.